The molecule has 20 heavy (non-hydrogen) atoms. The van der Waals surface area contributed by atoms with Gasteiger partial charge in [-0.25, -0.2) is 9.97 Å². The van der Waals surface area contributed by atoms with Gasteiger partial charge >= 0.3 is 6.18 Å². The van der Waals surface area contributed by atoms with Gasteiger partial charge in [-0.3, -0.25) is 4.68 Å². The number of aryl methyl sites for hydroxylation is 1. The Balaban J connectivity index is 1.91. The number of aromatic nitrogens is 5. The van der Waals surface area contributed by atoms with Crippen LogP contribution in [0.5, 0.6) is 0 Å². The third kappa shape index (κ3) is 4.05. The van der Waals surface area contributed by atoms with Gasteiger partial charge in [0.05, 0.1) is 6.20 Å². The summed E-state index contributed by atoms with van der Waals surface area (Å²) in [5.74, 6) is 0.0379. The molecule has 108 valence electrons. The maximum absolute atomic E-state index is 12.5. The molecule has 0 spiro atoms. The molecule has 0 fully saturated rings. The minimum Gasteiger partial charge on any atom is -0.370 e. The zero-order chi connectivity index (χ0) is 14.6. The second-order valence-electron chi connectivity index (χ2n) is 3.85. The highest BCUT2D eigenvalue weighted by molar-refractivity contribution is 6.28. The van der Waals surface area contributed by atoms with Gasteiger partial charge in [-0.2, -0.15) is 13.2 Å². The summed E-state index contributed by atoms with van der Waals surface area (Å²) < 4.78 is 39.2. The van der Waals surface area contributed by atoms with E-state index in [9.17, 15) is 13.2 Å². The first kappa shape index (κ1) is 14.5. The van der Waals surface area contributed by atoms with Crippen LogP contribution in [0.3, 0.4) is 0 Å². The molecule has 0 aromatic carbocycles. The number of hydrogen-bond donors (Lipinski definition) is 1. The lowest BCUT2D eigenvalue weighted by Crippen LogP contribution is -2.12. The molecule has 1 N–H and O–H groups in total. The van der Waals surface area contributed by atoms with Gasteiger partial charge < -0.3 is 5.32 Å². The first-order chi connectivity index (χ1) is 9.45. The Kier molecular flexibility index (Phi) is 4.38. The predicted molar refractivity (Wildman–Crippen MR) is 65.2 cm³/mol. The maximum Gasteiger partial charge on any atom is 0.433 e. The number of nitrogens with zero attached hydrogens (tertiary/aromatic N) is 5. The lowest BCUT2D eigenvalue weighted by Gasteiger charge is -2.09. The molecule has 2 aromatic heterocycles. The van der Waals surface area contributed by atoms with Gasteiger partial charge in [-0.15, -0.1) is 5.10 Å². The Bertz CT molecular complexity index is 557. The predicted octanol–water partition coefficient (Wildman–Crippen LogP) is 2.24. The van der Waals surface area contributed by atoms with E-state index in [2.05, 4.69) is 25.6 Å². The standard InChI is InChI=1S/C10H10ClF3N6/c11-9-17-7(10(12,13)14)6-8(18-9)15-2-1-4-20-5-3-16-19-20/h3,5-6H,1-2,4H2,(H,15,17,18). The second kappa shape index (κ2) is 6.04. The quantitative estimate of drug-likeness (QED) is 0.678. The summed E-state index contributed by atoms with van der Waals surface area (Å²) in [4.78, 5) is 6.83. The summed E-state index contributed by atoms with van der Waals surface area (Å²) in [7, 11) is 0. The molecule has 0 saturated heterocycles. The zero-order valence-electron chi connectivity index (χ0n) is 10.1. The molecule has 0 saturated carbocycles. The number of anilines is 1. The summed E-state index contributed by atoms with van der Waals surface area (Å²) >= 11 is 5.47. The van der Waals surface area contributed by atoms with Crippen molar-refractivity contribution in [3.05, 3.63) is 29.4 Å². The van der Waals surface area contributed by atoms with Crippen LogP contribution in [0.1, 0.15) is 12.1 Å². The number of alkyl halides is 3. The van der Waals surface area contributed by atoms with E-state index < -0.39 is 17.2 Å². The van der Waals surface area contributed by atoms with E-state index in [1.807, 2.05) is 0 Å². The van der Waals surface area contributed by atoms with Crippen LogP contribution in [0.15, 0.2) is 18.5 Å². The van der Waals surface area contributed by atoms with Crippen molar-refractivity contribution in [1.82, 2.24) is 25.0 Å². The van der Waals surface area contributed by atoms with Crippen LogP contribution in [0.25, 0.3) is 0 Å². The molecular weight excluding hydrogens is 297 g/mol. The Hall–Kier alpha value is -1.90. The molecule has 0 atom stereocenters. The molecule has 2 heterocycles. The first-order valence-corrected chi connectivity index (χ1v) is 6.03. The molecule has 0 unspecified atom stereocenters. The molecule has 10 heteroatoms. The lowest BCUT2D eigenvalue weighted by molar-refractivity contribution is -0.141. The summed E-state index contributed by atoms with van der Waals surface area (Å²) in [6.07, 6.45) is -0.660. The molecule has 2 aromatic rings. The SMILES string of the molecule is FC(F)(F)c1cc(NCCCn2ccnn2)nc(Cl)n1. The fraction of sp³-hybridized carbons (Fsp3) is 0.400. The van der Waals surface area contributed by atoms with Gasteiger partial charge in [0.25, 0.3) is 0 Å². The largest absolute Gasteiger partial charge is 0.433 e. The molecule has 2 rings (SSSR count). The number of halogens is 4. The highest BCUT2D eigenvalue weighted by atomic mass is 35.5. The number of rotatable bonds is 5. The van der Waals surface area contributed by atoms with Crippen molar-refractivity contribution in [2.75, 3.05) is 11.9 Å². The second-order valence-corrected chi connectivity index (χ2v) is 4.19. The van der Waals surface area contributed by atoms with E-state index in [1.54, 1.807) is 17.1 Å². The van der Waals surface area contributed by atoms with Crippen molar-refractivity contribution in [1.29, 1.82) is 0 Å². The van der Waals surface area contributed by atoms with Crippen LogP contribution in [-0.4, -0.2) is 31.5 Å². The molecule has 6 nitrogen and oxygen atoms in total. The Morgan fingerprint density at radius 2 is 2.10 bits per heavy atom. The van der Waals surface area contributed by atoms with Crippen LogP contribution in [0.4, 0.5) is 19.0 Å². The molecule has 0 amide bonds. The normalized spacial score (nSPS) is 11.6. The Morgan fingerprint density at radius 1 is 1.30 bits per heavy atom. The van der Waals surface area contributed by atoms with Gasteiger partial charge in [0.2, 0.25) is 5.28 Å². The highest BCUT2D eigenvalue weighted by Crippen LogP contribution is 2.29. The van der Waals surface area contributed by atoms with Crippen molar-refractivity contribution >= 4 is 17.4 Å². The van der Waals surface area contributed by atoms with Crippen LogP contribution in [0, 0.1) is 0 Å². The monoisotopic (exact) mass is 306 g/mol. The molecule has 0 radical (unpaired) electrons. The van der Waals surface area contributed by atoms with E-state index in [0.29, 0.717) is 19.5 Å². The van der Waals surface area contributed by atoms with Crippen molar-refractivity contribution in [2.24, 2.45) is 0 Å². The topological polar surface area (TPSA) is 68.5 Å². The lowest BCUT2D eigenvalue weighted by atomic mass is 10.3. The zero-order valence-corrected chi connectivity index (χ0v) is 10.9. The number of hydrogen-bond acceptors (Lipinski definition) is 5. The minimum atomic E-state index is -4.55. The average molecular weight is 307 g/mol. The van der Waals surface area contributed by atoms with Gasteiger partial charge in [-0.1, -0.05) is 5.21 Å². The average Bonchev–Trinajstić information content (AvgIpc) is 2.86. The molecule has 0 bridgehead atoms. The van der Waals surface area contributed by atoms with Crippen LogP contribution in [0.2, 0.25) is 5.28 Å². The number of nitrogens with one attached hydrogen (secondary N) is 1. The molecule has 0 aliphatic rings. The van der Waals surface area contributed by atoms with Crippen molar-refractivity contribution in [3.8, 4) is 0 Å². The molecule has 0 aliphatic heterocycles. The third-order valence-electron chi connectivity index (χ3n) is 2.33. The van der Waals surface area contributed by atoms with E-state index in [0.717, 1.165) is 6.07 Å². The van der Waals surface area contributed by atoms with E-state index >= 15 is 0 Å². The van der Waals surface area contributed by atoms with Gasteiger partial charge in [-0.05, 0) is 18.0 Å². The summed E-state index contributed by atoms with van der Waals surface area (Å²) in [5.41, 5.74) is -1.07. The van der Waals surface area contributed by atoms with Crippen LogP contribution in [-0.2, 0) is 12.7 Å². The van der Waals surface area contributed by atoms with Gasteiger partial charge in [0.1, 0.15) is 5.82 Å². The molecule has 0 aliphatic carbocycles. The van der Waals surface area contributed by atoms with Gasteiger partial charge in [0, 0.05) is 25.4 Å². The van der Waals surface area contributed by atoms with Crippen LogP contribution >= 0.6 is 11.6 Å². The third-order valence-corrected chi connectivity index (χ3v) is 2.50. The summed E-state index contributed by atoms with van der Waals surface area (Å²) in [6.45, 7) is 1.02. The van der Waals surface area contributed by atoms with E-state index in [1.165, 1.54) is 0 Å². The maximum atomic E-state index is 12.5. The van der Waals surface area contributed by atoms with Crippen LogP contribution < -0.4 is 5.32 Å². The van der Waals surface area contributed by atoms with Gasteiger partial charge in [0.15, 0.2) is 5.69 Å². The highest BCUT2D eigenvalue weighted by Gasteiger charge is 2.33. The first-order valence-electron chi connectivity index (χ1n) is 5.65. The fourth-order valence-corrected chi connectivity index (χ4v) is 1.65. The van der Waals surface area contributed by atoms with E-state index in [4.69, 9.17) is 11.6 Å². The van der Waals surface area contributed by atoms with Crippen molar-refractivity contribution in [3.63, 3.8) is 0 Å². The smallest absolute Gasteiger partial charge is 0.370 e. The van der Waals surface area contributed by atoms with E-state index in [-0.39, 0.29) is 5.82 Å². The Morgan fingerprint density at radius 3 is 2.75 bits per heavy atom. The molecular formula is C10H10ClF3N6. The minimum absolute atomic E-state index is 0.0379. The van der Waals surface area contributed by atoms with Crippen molar-refractivity contribution < 1.29 is 13.2 Å². The van der Waals surface area contributed by atoms with Crippen molar-refractivity contribution in [2.45, 2.75) is 19.1 Å². The summed E-state index contributed by atoms with van der Waals surface area (Å²) in [6, 6.07) is 0.821. The fourth-order valence-electron chi connectivity index (χ4n) is 1.46. The summed E-state index contributed by atoms with van der Waals surface area (Å²) in [5, 5.41) is 9.72. The Labute approximate surface area is 117 Å².